The summed E-state index contributed by atoms with van der Waals surface area (Å²) in [5, 5.41) is 11.0. The zero-order valence-corrected chi connectivity index (χ0v) is 10.2. The lowest BCUT2D eigenvalue weighted by Crippen LogP contribution is -2.16. The van der Waals surface area contributed by atoms with Crippen LogP contribution in [0, 0.1) is 6.92 Å². The number of esters is 1. The van der Waals surface area contributed by atoms with Gasteiger partial charge in [0.1, 0.15) is 6.61 Å². The van der Waals surface area contributed by atoms with Gasteiger partial charge in [-0.1, -0.05) is 6.07 Å². The van der Waals surface area contributed by atoms with Gasteiger partial charge in [-0.25, -0.2) is 9.59 Å². The molecule has 1 rings (SSSR count). The van der Waals surface area contributed by atoms with Crippen LogP contribution in [0.15, 0.2) is 18.2 Å². The Bertz CT molecular complexity index is 444. The van der Waals surface area contributed by atoms with Crippen molar-refractivity contribution in [2.45, 2.75) is 6.92 Å². The molecule has 1 amide bonds. The summed E-state index contributed by atoms with van der Waals surface area (Å²) in [7, 11) is 1.28. The summed E-state index contributed by atoms with van der Waals surface area (Å²) >= 11 is 0. The molecule has 1 aromatic carbocycles. The van der Waals surface area contributed by atoms with Crippen molar-refractivity contribution in [2.24, 2.45) is 0 Å². The molecule has 0 radical (unpaired) electrons. The molecule has 0 spiro atoms. The Morgan fingerprint density at radius 3 is 2.72 bits per heavy atom. The van der Waals surface area contributed by atoms with Gasteiger partial charge >= 0.3 is 12.1 Å². The fraction of sp³-hybridized carbons (Fsp3) is 0.333. The molecule has 98 valence electrons. The van der Waals surface area contributed by atoms with Gasteiger partial charge in [-0.3, -0.25) is 5.32 Å². The zero-order chi connectivity index (χ0) is 13.5. The number of ether oxygens (including phenoxy) is 2. The first-order valence-electron chi connectivity index (χ1n) is 5.32. The number of amides is 1. The van der Waals surface area contributed by atoms with Crippen LogP contribution in [-0.2, 0) is 9.47 Å². The molecule has 18 heavy (non-hydrogen) atoms. The highest BCUT2D eigenvalue weighted by molar-refractivity contribution is 5.93. The van der Waals surface area contributed by atoms with Crippen LogP contribution in [0.2, 0.25) is 0 Å². The maximum absolute atomic E-state index is 11.3. The van der Waals surface area contributed by atoms with Crippen molar-refractivity contribution >= 4 is 17.7 Å². The minimum atomic E-state index is -0.686. The molecule has 0 saturated carbocycles. The number of rotatable bonds is 4. The number of carbonyl (C=O) groups is 2. The zero-order valence-electron chi connectivity index (χ0n) is 10.2. The van der Waals surface area contributed by atoms with Gasteiger partial charge in [-0.15, -0.1) is 0 Å². The van der Waals surface area contributed by atoms with Crippen LogP contribution in [0.5, 0.6) is 0 Å². The molecule has 0 atom stereocenters. The molecule has 0 unspecified atom stereocenters. The van der Waals surface area contributed by atoms with Crippen LogP contribution >= 0.6 is 0 Å². The highest BCUT2D eigenvalue weighted by Gasteiger charge is 2.10. The van der Waals surface area contributed by atoms with Crippen molar-refractivity contribution in [3.63, 3.8) is 0 Å². The topological polar surface area (TPSA) is 84.9 Å². The van der Waals surface area contributed by atoms with Gasteiger partial charge in [0.05, 0.1) is 19.3 Å². The largest absolute Gasteiger partial charge is 0.465 e. The number of benzene rings is 1. The van der Waals surface area contributed by atoms with Crippen LogP contribution in [0.1, 0.15) is 15.9 Å². The molecule has 0 saturated heterocycles. The molecule has 1 aromatic rings. The van der Waals surface area contributed by atoms with Crippen LogP contribution in [0.25, 0.3) is 0 Å². The standard InChI is InChI=1S/C12H15NO5/c1-8-3-4-9(11(15)17-2)7-10(8)13-12(16)18-6-5-14/h3-4,7,14H,5-6H2,1-2H3,(H,13,16). The summed E-state index contributed by atoms with van der Waals surface area (Å²) in [5.74, 6) is -0.484. The van der Waals surface area contributed by atoms with Gasteiger partial charge in [-0.05, 0) is 24.6 Å². The highest BCUT2D eigenvalue weighted by Crippen LogP contribution is 2.17. The van der Waals surface area contributed by atoms with E-state index in [4.69, 9.17) is 5.11 Å². The Morgan fingerprint density at radius 2 is 2.11 bits per heavy atom. The quantitative estimate of drug-likeness (QED) is 0.790. The second kappa shape index (κ2) is 6.61. The summed E-state index contributed by atoms with van der Waals surface area (Å²) in [6.45, 7) is 1.46. The Hall–Kier alpha value is -2.08. The van der Waals surface area contributed by atoms with Crippen molar-refractivity contribution < 1.29 is 24.2 Å². The maximum Gasteiger partial charge on any atom is 0.411 e. The van der Waals surface area contributed by atoms with Crippen molar-refractivity contribution in [2.75, 3.05) is 25.6 Å². The maximum atomic E-state index is 11.3. The second-order valence-corrected chi connectivity index (χ2v) is 3.51. The number of carbonyl (C=O) groups excluding carboxylic acids is 2. The van der Waals surface area contributed by atoms with E-state index < -0.39 is 12.1 Å². The van der Waals surface area contributed by atoms with Crippen LogP contribution in [0.3, 0.4) is 0 Å². The van der Waals surface area contributed by atoms with Crippen molar-refractivity contribution in [3.05, 3.63) is 29.3 Å². The van der Waals surface area contributed by atoms with E-state index in [0.717, 1.165) is 5.56 Å². The third-order valence-electron chi connectivity index (χ3n) is 2.22. The minimum Gasteiger partial charge on any atom is -0.465 e. The van der Waals surface area contributed by atoms with E-state index in [9.17, 15) is 9.59 Å². The molecule has 0 aliphatic rings. The number of methoxy groups -OCH3 is 1. The number of aryl methyl sites for hydroxylation is 1. The second-order valence-electron chi connectivity index (χ2n) is 3.51. The van der Waals surface area contributed by atoms with E-state index in [1.54, 1.807) is 19.1 Å². The normalized spacial score (nSPS) is 9.72. The number of aliphatic hydroxyl groups excluding tert-OH is 1. The first kappa shape index (κ1) is 14.0. The first-order chi connectivity index (χ1) is 8.58. The van der Waals surface area contributed by atoms with Crippen LogP contribution in [0.4, 0.5) is 10.5 Å². The number of hydrogen-bond donors (Lipinski definition) is 2. The number of nitrogens with one attached hydrogen (secondary N) is 1. The summed E-state index contributed by atoms with van der Waals surface area (Å²) < 4.78 is 9.25. The molecule has 6 nitrogen and oxygen atoms in total. The molecule has 0 aromatic heterocycles. The number of hydrogen-bond acceptors (Lipinski definition) is 5. The summed E-state index contributed by atoms with van der Waals surface area (Å²) in [6.07, 6.45) is -0.686. The van der Waals surface area contributed by atoms with E-state index in [2.05, 4.69) is 14.8 Å². The lowest BCUT2D eigenvalue weighted by atomic mass is 10.1. The Balaban J connectivity index is 2.81. The molecule has 0 bridgehead atoms. The van der Waals surface area contributed by atoms with Gasteiger partial charge in [0.2, 0.25) is 0 Å². The van der Waals surface area contributed by atoms with Crippen molar-refractivity contribution in [1.29, 1.82) is 0 Å². The Labute approximate surface area is 105 Å². The lowest BCUT2D eigenvalue weighted by molar-refractivity contribution is 0.0600. The summed E-state index contributed by atoms with van der Waals surface area (Å²) in [4.78, 5) is 22.6. The van der Waals surface area contributed by atoms with Gasteiger partial charge < -0.3 is 14.6 Å². The highest BCUT2D eigenvalue weighted by atomic mass is 16.6. The van der Waals surface area contributed by atoms with Gasteiger partial charge in [0.25, 0.3) is 0 Å². The lowest BCUT2D eigenvalue weighted by Gasteiger charge is -2.10. The minimum absolute atomic E-state index is 0.0818. The van der Waals surface area contributed by atoms with E-state index in [1.807, 2.05) is 0 Å². The first-order valence-corrected chi connectivity index (χ1v) is 5.32. The summed E-state index contributed by atoms with van der Waals surface area (Å²) in [5.41, 5.74) is 1.57. The predicted octanol–water partition coefficient (Wildman–Crippen LogP) is 1.32. The van der Waals surface area contributed by atoms with Crippen LogP contribution < -0.4 is 5.32 Å². The predicted molar refractivity (Wildman–Crippen MR) is 64.6 cm³/mol. The van der Waals surface area contributed by atoms with E-state index >= 15 is 0 Å². The smallest absolute Gasteiger partial charge is 0.411 e. The number of aliphatic hydroxyl groups is 1. The van der Waals surface area contributed by atoms with E-state index in [0.29, 0.717) is 11.3 Å². The molecular formula is C12H15NO5. The van der Waals surface area contributed by atoms with E-state index in [1.165, 1.54) is 13.2 Å². The third kappa shape index (κ3) is 3.74. The monoisotopic (exact) mass is 253 g/mol. The SMILES string of the molecule is COC(=O)c1ccc(C)c(NC(=O)OCCO)c1. The Morgan fingerprint density at radius 1 is 1.39 bits per heavy atom. The Kier molecular flexibility index (Phi) is 5.13. The molecule has 0 aliphatic heterocycles. The van der Waals surface area contributed by atoms with Gasteiger partial charge in [0, 0.05) is 5.69 Å². The van der Waals surface area contributed by atoms with Gasteiger partial charge in [-0.2, -0.15) is 0 Å². The fourth-order valence-electron chi connectivity index (χ4n) is 1.29. The molecule has 6 heteroatoms. The molecule has 0 heterocycles. The van der Waals surface area contributed by atoms with Crippen LogP contribution in [-0.4, -0.2) is 37.5 Å². The van der Waals surface area contributed by atoms with Crippen molar-refractivity contribution in [1.82, 2.24) is 0 Å². The fourth-order valence-corrected chi connectivity index (χ4v) is 1.29. The molecular weight excluding hydrogens is 238 g/mol. The van der Waals surface area contributed by atoms with Gasteiger partial charge in [0.15, 0.2) is 0 Å². The number of anilines is 1. The molecule has 0 aliphatic carbocycles. The average molecular weight is 253 g/mol. The third-order valence-corrected chi connectivity index (χ3v) is 2.22. The van der Waals surface area contributed by atoms with Crippen molar-refractivity contribution in [3.8, 4) is 0 Å². The van der Waals surface area contributed by atoms with E-state index in [-0.39, 0.29) is 13.2 Å². The summed E-state index contributed by atoms with van der Waals surface area (Å²) in [6, 6.07) is 4.79. The average Bonchev–Trinajstić information content (AvgIpc) is 2.38. The molecule has 0 fully saturated rings. The molecule has 2 N–H and O–H groups in total.